The predicted octanol–water partition coefficient (Wildman–Crippen LogP) is 3.89. The predicted molar refractivity (Wildman–Crippen MR) is 110 cm³/mol. The molecule has 0 aliphatic heterocycles. The Bertz CT molecular complexity index is 748. The van der Waals surface area contributed by atoms with Crippen LogP contribution in [0.3, 0.4) is 0 Å². The summed E-state index contributed by atoms with van der Waals surface area (Å²) in [4.78, 5) is 12.1. The van der Waals surface area contributed by atoms with Crippen LogP contribution in [0.15, 0.2) is 18.2 Å². The minimum absolute atomic E-state index is 0.164. The molecule has 26 heavy (non-hydrogen) atoms. The molecule has 2 nitrogen and oxygen atoms in total. The van der Waals surface area contributed by atoms with E-state index in [9.17, 15) is 4.79 Å². The van der Waals surface area contributed by atoms with Gasteiger partial charge in [0.2, 0.25) is 0 Å². The Labute approximate surface area is 158 Å². The summed E-state index contributed by atoms with van der Waals surface area (Å²) in [5.41, 5.74) is 7.58. The summed E-state index contributed by atoms with van der Waals surface area (Å²) < 4.78 is 0. The van der Waals surface area contributed by atoms with Crippen molar-refractivity contribution in [1.29, 1.82) is 0 Å². The molecule has 0 saturated heterocycles. The summed E-state index contributed by atoms with van der Waals surface area (Å²) in [6.45, 7) is 6.15. The van der Waals surface area contributed by atoms with E-state index in [1.807, 2.05) is 13.8 Å². The van der Waals surface area contributed by atoms with Gasteiger partial charge in [0.1, 0.15) is 5.78 Å². The fourth-order valence-corrected chi connectivity index (χ4v) is 4.79. The standard InChI is InChI=1S/C24H35NO/c1-16(2)24(26)17(3)7-8-18-5-4-6-20(13-18)21-10-9-19-11-12-23(25)15-22(19)14-21/h9-11,14-18,20,23H,4-8,12-13,25H2,1-3H3. The summed E-state index contributed by atoms with van der Waals surface area (Å²) >= 11 is 0. The molecule has 4 atom stereocenters. The summed E-state index contributed by atoms with van der Waals surface area (Å²) in [7, 11) is 0. The third-order valence-corrected chi connectivity index (χ3v) is 6.43. The van der Waals surface area contributed by atoms with Crippen molar-refractivity contribution in [3.05, 3.63) is 34.2 Å². The van der Waals surface area contributed by atoms with Crippen molar-refractivity contribution in [1.82, 2.24) is 0 Å². The minimum atomic E-state index is 0.164. The van der Waals surface area contributed by atoms with Crippen molar-refractivity contribution in [3.63, 3.8) is 0 Å². The third-order valence-electron chi connectivity index (χ3n) is 6.43. The first-order valence-corrected chi connectivity index (χ1v) is 10.6. The first-order valence-electron chi connectivity index (χ1n) is 10.6. The maximum atomic E-state index is 12.1. The van der Waals surface area contributed by atoms with Crippen molar-refractivity contribution in [3.8, 4) is 0 Å². The molecule has 1 aromatic carbocycles. The summed E-state index contributed by atoms with van der Waals surface area (Å²) in [5, 5.41) is 2.66. The molecule has 0 aromatic heterocycles. The van der Waals surface area contributed by atoms with Gasteiger partial charge in [-0.05, 0) is 59.9 Å². The van der Waals surface area contributed by atoms with Gasteiger partial charge in [0, 0.05) is 17.9 Å². The van der Waals surface area contributed by atoms with Crippen LogP contribution in [0.1, 0.15) is 77.2 Å². The molecule has 4 unspecified atom stereocenters. The number of nitrogens with two attached hydrogens (primary N) is 1. The molecule has 0 bridgehead atoms. The Morgan fingerprint density at radius 1 is 1.19 bits per heavy atom. The number of carbonyl (C=O) groups is 1. The molecule has 1 aromatic rings. The highest BCUT2D eigenvalue weighted by Crippen LogP contribution is 2.38. The molecule has 0 spiro atoms. The number of benzene rings is 1. The quantitative estimate of drug-likeness (QED) is 0.843. The van der Waals surface area contributed by atoms with Gasteiger partial charge in [-0.1, -0.05) is 64.0 Å². The fraction of sp³-hybridized carbons (Fsp3) is 0.625. The van der Waals surface area contributed by atoms with E-state index in [-0.39, 0.29) is 17.9 Å². The number of carbonyl (C=O) groups excluding carboxylic acids is 1. The lowest BCUT2D eigenvalue weighted by Gasteiger charge is -2.30. The lowest BCUT2D eigenvalue weighted by atomic mass is 9.75. The highest BCUT2D eigenvalue weighted by Gasteiger charge is 2.25. The normalized spacial score (nSPS) is 26.6. The molecule has 0 heterocycles. The van der Waals surface area contributed by atoms with E-state index in [0.717, 1.165) is 18.8 Å². The Balaban J connectivity index is 1.63. The molecule has 2 aliphatic carbocycles. The lowest BCUT2D eigenvalue weighted by molar-refractivity contribution is -0.125. The molecule has 0 radical (unpaired) electrons. The topological polar surface area (TPSA) is 43.1 Å². The van der Waals surface area contributed by atoms with E-state index in [4.69, 9.17) is 5.73 Å². The molecule has 1 saturated carbocycles. The maximum Gasteiger partial charge on any atom is 0.138 e. The number of hydrogen-bond acceptors (Lipinski definition) is 2. The summed E-state index contributed by atoms with van der Waals surface area (Å²) in [6, 6.07) is 7.15. The van der Waals surface area contributed by atoms with Crippen molar-refractivity contribution in [2.75, 3.05) is 0 Å². The van der Waals surface area contributed by atoms with Crippen LogP contribution in [0.4, 0.5) is 0 Å². The average Bonchev–Trinajstić information content (AvgIpc) is 2.65. The smallest absolute Gasteiger partial charge is 0.138 e. The van der Waals surface area contributed by atoms with Crippen LogP contribution in [0.5, 0.6) is 0 Å². The van der Waals surface area contributed by atoms with Gasteiger partial charge in [-0.25, -0.2) is 0 Å². The number of Topliss-reactive ketones (excluding diaryl/α,β-unsaturated/α-hetero) is 1. The molecule has 3 rings (SSSR count). The molecule has 2 heteroatoms. The van der Waals surface area contributed by atoms with Crippen LogP contribution in [0.25, 0.3) is 12.2 Å². The van der Waals surface area contributed by atoms with E-state index >= 15 is 0 Å². The van der Waals surface area contributed by atoms with E-state index < -0.39 is 0 Å². The number of ketones is 1. The zero-order valence-electron chi connectivity index (χ0n) is 16.7. The van der Waals surface area contributed by atoms with Gasteiger partial charge >= 0.3 is 0 Å². The van der Waals surface area contributed by atoms with E-state index in [2.05, 4.69) is 37.3 Å². The largest absolute Gasteiger partial charge is 0.324 e. The van der Waals surface area contributed by atoms with Crippen LogP contribution in [0, 0.1) is 17.8 Å². The van der Waals surface area contributed by atoms with Crippen molar-refractivity contribution in [2.45, 2.75) is 77.7 Å². The highest BCUT2D eigenvalue weighted by atomic mass is 16.1. The van der Waals surface area contributed by atoms with Gasteiger partial charge in [0.25, 0.3) is 0 Å². The second-order valence-corrected chi connectivity index (χ2v) is 8.92. The number of rotatable bonds is 6. The fourth-order valence-electron chi connectivity index (χ4n) is 4.79. The van der Waals surface area contributed by atoms with Gasteiger partial charge in [-0.3, -0.25) is 4.79 Å². The van der Waals surface area contributed by atoms with Gasteiger partial charge in [-0.15, -0.1) is 0 Å². The Kier molecular flexibility index (Phi) is 6.34. The lowest BCUT2D eigenvalue weighted by Crippen LogP contribution is -2.34. The maximum absolute atomic E-state index is 12.1. The van der Waals surface area contributed by atoms with Crippen molar-refractivity contribution in [2.24, 2.45) is 23.5 Å². The molecule has 0 amide bonds. The Morgan fingerprint density at radius 2 is 2.00 bits per heavy atom. The van der Waals surface area contributed by atoms with Crippen LogP contribution in [-0.4, -0.2) is 11.8 Å². The van der Waals surface area contributed by atoms with E-state index in [1.54, 1.807) is 0 Å². The third kappa shape index (κ3) is 4.65. The molecular weight excluding hydrogens is 318 g/mol. The van der Waals surface area contributed by atoms with Crippen molar-refractivity contribution < 1.29 is 4.79 Å². The van der Waals surface area contributed by atoms with Crippen LogP contribution in [-0.2, 0) is 4.79 Å². The zero-order valence-corrected chi connectivity index (χ0v) is 16.7. The van der Waals surface area contributed by atoms with E-state index in [1.165, 1.54) is 48.1 Å². The van der Waals surface area contributed by atoms with Crippen molar-refractivity contribution >= 4 is 17.9 Å². The van der Waals surface area contributed by atoms with Gasteiger partial charge in [-0.2, -0.15) is 0 Å². The zero-order chi connectivity index (χ0) is 18.7. The first kappa shape index (κ1) is 19.4. The van der Waals surface area contributed by atoms with Crippen LogP contribution < -0.4 is 16.2 Å². The number of fused-ring (bicyclic) bond motifs is 1. The van der Waals surface area contributed by atoms with E-state index in [0.29, 0.717) is 11.7 Å². The second-order valence-electron chi connectivity index (χ2n) is 8.92. The average molecular weight is 354 g/mol. The molecule has 2 aliphatic rings. The van der Waals surface area contributed by atoms with Gasteiger partial charge in [0.15, 0.2) is 0 Å². The number of hydrogen-bond donors (Lipinski definition) is 1. The SMILES string of the molecule is CC(C)C(=O)C(C)CCC1CCCC(c2ccc3c(c2)=CC(N)CC=3)C1. The summed E-state index contributed by atoms with van der Waals surface area (Å²) in [6.07, 6.45) is 12.9. The van der Waals surface area contributed by atoms with Crippen LogP contribution >= 0.6 is 0 Å². The second kappa shape index (κ2) is 8.52. The monoisotopic (exact) mass is 353 g/mol. The molecular formula is C24H35NO. The Hall–Kier alpha value is -1.41. The Morgan fingerprint density at radius 3 is 2.77 bits per heavy atom. The van der Waals surface area contributed by atoms with Gasteiger partial charge < -0.3 is 5.73 Å². The molecule has 142 valence electrons. The van der Waals surface area contributed by atoms with Gasteiger partial charge in [0.05, 0.1) is 0 Å². The highest BCUT2D eigenvalue weighted by molar-refractivity contribution is 5.82. The molecule has 2 N–H and O–H groups in total. The van der Waals surface area contributed by atoms with Crippen LogP contribution in [0.2, 0.25) is 0 Å². The molecule has 1 fully saturated rings. The minimum Gasteiger partial charge on any atom is -0.324 e. The first-order chi connectivity index (χ1) is 12.4. The summed E-state index contributed by atoms with van der Waals surface area (Å²) in [5.74, 6) is 2.24.